The van der Waals surface area contributed by atoms with Crippen molar-refractivity contribution in [3.05, 3.63) is 18.0 Å². The molecule has 0 aromatic carbocycles. The van der Waals surface area contributed by atoms with Crippen molar-refractivity contribution in [1.29, 1.82) is 0 Å². The predicted octanol–water partition coefficient (Wildman–Crippen LogP) is 1.54. The smallest absolute Gasteiger partial charge is 0.0640 e. The third kappa shape index (κ3) is 3.61. The fourth-order valence-corrected chi connectivity index (χ4v) is 1.54. The second-order valence-electron chi connectivity index (χ2n) is 4.46. The number of hydrogen-bond donors (Lipinski definition) is 2. The van der Waals surface area contributed by atoms with Crippen LogP contribution in [0.4, 0.5) is 0 Å². The van der Waals surface area contributed by atoms with Crippen molar-refractivity contribution in [2.45, 2.75) is 52.2 Å². The summed E-state index contributed by atoms with van der Waals surface area (Å²) in [5.74, 6) is 0. The first-order valence-electron chi connectivity index (χ1n) is 6.00. The average molecular weight is 225 g/mol. The van der Waals surface area contributed by atoms with Gasteiger partial charge < -0.3 is 10.4 Å². The highest BCUT2D eigenvalue weighted by Crippen LogP contribution is 2.14. The Morgan fingerprint density at radius 2 is 2.12 bits per heavy atom. The zero-order chi connectivity index (χ0) is 12.0. The van der Waals surface area contributed by atoms with E-state index in [-0.39, 0.29) is 12.1 Å². The topological polar surface area (TPSA) is 50.1 Å². The Morgan fingerprint density at radius 3 is 2.69 bits per heavy atom. The molecule has 1 rings (SSSR count). The molecule has 0 aliphatic rings. The van der Waals surface area contributed by atoms with Crippen molar-refractivity contribution < 1.29 is 5.11 Å². The van der Waals surface area contributed by atoms with Gasteiger partial charge in [0.25, 0.3) is 0 Å². The van der Waals surface area contributed by atoms with Crippen molar-refractivity contribution in [2.75, 3.05) is 6.61 Å². The van der Waals surface area contributed by atoms with Crippen LogP contribution in [0.5, 0.6) is 0 Å². The fraction of sp³-hybridized carbons (Fsp3) is 0.750. The molecule has 0 unspecified atom stereocenters. The van der Waals surface area contributed by atoms with Crippen LogP contribution in [0.2, 0.25) is 0 Å². The highest BCUT2D eigenvalue weighted by atomic mass is 16.3. The molecule has 0 saturated heterocycles. The van der Waals surface area contributed by atoms with Gasteiger partial charge in [-0.15, -0.1) is 0 Å². The Morgan fingerprint density at radius 1 is 1.44 bits per heavy atom. The van der Waals surface area contributed by atoms with E-state index in [4.69, 9.17) is 5.11 Å². The first-order chi connectivity index (χ1) is 7.63. The molecule has 92 valence electrons. The normalized spacial score (nSPS) is 12.0. The Hall–Kier alpha value is -0.870. The van der Waals surface area contributed by atoms with Gasteiger partial charge in [0.2, 0.25) is 0 Å². The molecule has 1 heterocycles. The van der Waals surface area contributed by atoms with Crippen LogP contribution < -0.4 is 5.32 Å². The number of nitrogens with zero attached hydrogens (tertiary/aromatic N) is 2. The van der Waals surface area contributed by atoms with Gasteiger partial charge in [-0.3, -0.25) is 4.68 Å². The molecule has 0 fully saturated rings. The maximum atomic E-state index is 8.79. The molecule has 0 saturated carbocycles. The van der Waals surface area contributed by atoms with E-state index >= 15 is 0 Å². The lowest BCUT2D eigenvalue weighted by molar-refractivity contribution is 0.269. The molecular formula is C12H23N3O. The molecule has 1 aromatic rings. The minimum Gasteiger partial charge on any atom is -0.394 e. The van der Waals surface area contributed by atoms with Gasteiger partial charge in [-0.05, 0) is 19.8 Å². The van der Waals surface area contributed by atoms with Crippen LogP contribution in [0.15, 0.2) is 12.4 Å². The third-order valence-electron chi connectivity index (χ3n) is 3.30. The Labute approximate surface area is 97.7 Å². The SMILES string of the molecule is CCC(C)(CC)NCc1cnn(CCO)c1. The molecule has 4 heteroatoms. The van der Waals surface area contributed by atoms with E-state index in [0.717, 1.165) is 19.4 Å². The van der Waals surface area contributed by atoms with E-state index in [0.29, 0.717) is 6.54 Å². The van der Waals surface area contributed by atoms with E-state index in [2.05, 4.69) is 31.2 Å². The highest BCUT2D eigenvalue weighted by Gasteiger charge is 2.18. The van der Waals surface area contributed by atoms with Crippen LogP contribution in [0, 0.1) is 0 Å². The summed E-state index contributed by atoms with van der Waals surface area (Å²) >= 11 is 0. The third-order valence-corrected chi connectivity index (χ3v) is 3.30. The Kier molecular flexibility index (Phi) is 4.96. The van der Waals surface area contributed by atoms with Crippen LogP contribution in [0.25, 0.3) is 0 Å². The summed E-state index contributed by atoms with van der Waals surface area (Å²) in [5.41, 5.74) is 1.38. The number of aliphatic hydroxyl groups excluding tert-OH is 1. The molecule has 2 N–H and O–H groups in total. The summed E-state index contributed by atoms with van der Waals surface area (Å²) in [7, 11) is 0. The van der Waals surface area contributed by atoms with Crippen molar-refractivity contribution in [1.82, 2.24) is 15.1 Å². The molecule has 0 aliphatic heterocycles. The van der Waals surface area contributed by atoms with E-state index in [9.17, 15) is 0 Å². The zero-order valence-electron chi connectivity index (χ0n) is 10.5. The predicted molar refractivity (Wildman–Crippen MR) is 65.1 cm³/mol. The number of nitrogens with one attached hydrogen (secondary N) is 1. The molecule has 0 bridgehead atoms. The summed E-state index contributed by atoms with van der Waals surface area (Å²) in [5, 5.41) is 16.5. The molecule has 1 aromatic heterocycles. The quantitative estimate of drug-likeness (QED) is 0.740. The minimum absolute atomic E-state index is 0.135. The van der Waals surface area contributed by atoms with Crippen molar-refractivity contribution in [3.63, 3.8) is 0 Å². The van der Waals surface area contributed by atoms with Gasteiger partial charge in [-0.2, -0.15) is 5.10 Å². The Balaban J connectivity index is 2.47. The van der Waals surface area contributed by atoms with Gasteiger partial charge in [0, 0.05) is 23.8 Å². The van der Waals surface area contributed by atoms with Gasteiger partial charge in [-0.1, -0.05) is 13.8 Å². The molecule has 0 amide bonds. The lowest BCUT2D eigenvalue weighted by atomic mass is 9.95. The summed E-state index contributed by atoms with van der Waals surface area (Å²) < 4.78 is 1.77. The molecular weight excluding hydrogens is 202 g/mol. The zero-order valence-corrected chi connectivity index (χ0v) is 10.5. The Bertz CT molecular complexity index is 305. The molecule has 0 spiro atoms. The van der Waals surface area contributed by atoms with Crippen LogP contribution >= 0.6 is 0 Å². The van der Waals surface area contributed by atoms with Crippen LogP contribution in [-0.4, -0.2) is 27.0 Å². The van der Waals surface area contributed by atoms with Gasteiger partial charge in [-0.25, -0.2) is 0 Å². The molecule has 0 radical (unpaired) electrons. The lowest BCUT2D eigenvalue weighted by Crippen LogP contribution is -2.40. The number of hydrogen-bond acceptors (Lipinski definition) is 3. The van der Waals surface area contributed by atoms with Crippen LogP contribution in [-0.2, 0) is 13.1 Å². The second kappa shape index (κ2) is 6.01. The summed E-state index contributed by atoms with van der Waals surface area (Å²) in [6, 6.07) is 0. The number of aliphatic hydroxyl groups is 1. The van der Waals surface area contributed by atoms with Crippen molar-refractivity contribution >= 4 is 0 Å². The maximum absolute atomic E-state index is 8.79. The number of aromatic nitrogens is 2. The average Bonchev–Trinajstić information content (AvgIpc) is 2.74. The van der Waals surface area contributed by atoms with Gasteiger partial charge in [0.05, 0.1) is 19.3 Å². The van der Waals surface area contributed by atoms with E-state index in [1.54, 1.807) is 4.68 Å². The first kappa shape index (κ1) is 13.2. The first-order valence-corrected chi connectivity index (χ1v) is 6.00. The summed E-state index contributed by atoms with van der Waals surface area (Å²) in [4.78, 5) is 0. The summed E-state index contributed by atoms with van der Waals surface area (Å²) in [6.45, 7) is 8.18. The van der Waals surface area contributed by atoms with Crippen molar-refractivity contribution in [3.8, 4) is 0 Å². The van der Waals surface area contributed by atoms with Crippen molar-refractivity contribution in [2.24, 2.45) is 0 Å². The van der Waals surface area contributed by atoms with Crippen LogP contribution in [0.1, 0.15) is 39.2 Å². The second-order valence-corrected chi connectivity index (χ2v) is 4.46. The monoisotopic (exact) mass is 225 g/mol. The molecule has 0 aliphatic carbocycles. The van der Waals surface area contributed by atoms with Crippen LogP contribution in [0.3, 0.4) is 0 Å². The highest BCUT2D eigenvalue weighted by molar-refractivity contribution is 5.04. The van der Waals surface area contributed by atoms with E-state index in [1.807, 2.05) is 12.4 Å². The molecule has 4 nitrogen and oxygen atoms in total. The summed E-state index contributed by atoms with van der Waals surface area (Å²) in [6.07, 6.45) is 6.08. The lowest BCUT2D eigenvalue weighted by Gasteiger charge is -2.28. The maximum Gasteiger partial charge on any atom is 0.0640 e. The van der Waals surface area contributed by atoms with E-state index < -0.39 is 0 Å². The molecule has 16 heavy (non-hydrogen) atoms. The number of rotatable bonds is 7. The standard InChI is InChI=1S/C12H23N3O/c1-4-12(3,5-2)13-8-11-9-14-15(10-11)6-7-16/h9-10,13,16H,4-8H2,1-3H3. The fourth-order valence-electron chi connectivity index (χ4n) is 1.54. The van der Waals surface area contributed by atoms with Gasteiger partial charge in [0.1, 0.15) is 0 Å². The molecule has 0 atom stereocenters. The van der Waals surface area contributed by atoms with Gasteiger partial charge in [0.15, 0.2) is 0 Å². The minimum atomic E-state index is 0.135. The largest absolute Gasteiger partial charge is 0.394 e. The van der Waals surface area contributed by atoms with E-state index in [1.165, 1.54) is 5.56 Å². The van der Waals surface area contributed by atoms with Gasteiger partial charge >= 0.3 is 0 Å².